The molecule has 5 nitrogen and oxygen atoms in total. The van der Waals surface area contributed by atoms with Gasteiger partial charge in [0.25, 0.3) is 5.91 Å². The van der Waals surface area contributed by atoms with E-state index in [-0.39, 0.29) is 16.6 Å². The molecule has 29 heavy (non-hydrogen) atoms. The summed E-state index contributed by atoms with van der Waals surface area (Å²) in [7, 11) is 0. The Balaban J connectivity index is 1.75. The molecule has 148 valence electrons. The van der Waals surface area contributed by atoms with Gasteiger partial charge in [0.2, 0.25) is 0 Å². The van der Waals surface area contributed by atoms with Crippen LogP contribution in [0, 0.1) is 0 Å². The fourth-order valence-corrected chi connectivity index (χ4v) is 3.09. The van der Waals surface area contributed by atoms with Crippen LogP contribution in [-0.4, -0.2) is 27.9 Å². The highest BCUT2D eigenvalue weighted by molar-refractivity contribution is 6.32. The number of ether oxygens (including phenoxy) is 1. The van der Waals surface area contributed by atoms with Crippen LogP contribution in [-0.2, 0) is 22.6 Å². The summed E-state index contributed by atoms with van der Waals surface area (Å²) in [5.41, 5.74) is 2.11. The molecule has 0 radical (unpaired) electrons. The summed E-state index contributed by atoms with van der Waals surface area (Å²) in [5.74, 6) is -0.964. The van der Waals surface area contributed by atoms with E-state index in [0.717, 1.165) is 11.1 Å². The van der Waals surface area contributed by atoms with Gasteiger partial charge in [0.1, 0.15) is 5.15 Å². The molecule has 0 saturated heterocycles. The van der Waals surface area contributed by atoms with Crippen LogP contribution < -0.4 is 0 Å². The number of amides is 1. The van der Waals surface area contributed by atoms with E-state index in [1.165, 1.54) is 12.3 Å². The third-order valence-electron chi connectivity index (χ3n) is 4.35. The van der Waals surface area contributed by atoms with Gasteiger partial charge in [0.15, 0.2) is 6.10 Å². The van der Waals surface area contributed by atoms with Crippen LogP contribution in [0.1, 0.15) is 28.4 Å². The lowest BCUT2D eigenvalue weighted by Crippen LogP contribution is -2.39. The number of carbonyl (C=O) groups is 2. The molecule has 0 aliphatic carbocycles. The van der Waals surface area contributed by atoms with Crippen LogP contribution in [0.15, 0.2) is 79.0 Å². The largest absolute Gasteiger partial charge is 0.449 e. The quantitative estimate of drug-likeness (QED) is 0.426. The Bertz CT molecular complexity index is 923. The lowest BCUT2D eigenvalue weighted by molar-refractivity contribution is -0.141. The van der Waals surface area contributed by atoms with Gasteiger partial charge < -0.3 is 9.64 Å². The van der Waals surface area contributed by atoms with E-state index in [0.29, 0.717) is 13.1 Å². The van der Waals surface area contributed by atoms with Crippen LogP contribution >= 0.6 is 11.6 Å². The lowest BCUT2D eigenvalue weighted by Gasteiger charge is -2.26. The number of carbonyl (C=O) groups excluding carboxylic acids is 2. The number of benzene rings is 2. The molecule has 3 aromatic rings. The maximum absolute atomic E-state index is 13.1. The second-order valence-electron chi connectivity index (χ2n) is 6.55. The van der Waals surface area contributed by atoms with Gasteiger partial charge in [-0.05, 0) is 30.2 Å². The third kappa shape index (κ3) is 5.65. The first kappa shape index (κ1) is 20.6. The first-order valence-electron chi connectivity index (χ1n) is 9.22. The maximum atomic E-state index is 13.1. The molecule has 6 heteroatoms. The van der Waals surface area contributed by atoms with Crippen LogP contribution in [0.3, 0.4) is 0 Å². The molecule has 3 rings (SSSR count). The first-order chi connectivity index (χ1) is 14.0. The number of nitrogens with zero attached hydrogens (tertiary/aromatic N) is 2. The van der Waals surface area contributed by atoms with Crippen LogP contribution in [0.2, 0.25) is 5.15 Å². The standard InChI is InChI=1S/C23H21ClN2O3/c1-17(29-23(28)20-13-8-14-25-21(20)24)22(27)26(15-18-9-4-2-5-10-18)16-19-11-6-3-7-12-19/h2-14,17H,15-16H2,1H3. The van der Waals surface area contributed by atoms with Crippen molar-refractivity contribution in [3.63, 3.8) is 0 Å². The Hall–Kier alpha value is -3.18. The van der Waals surface area contributed by atoms with Crippen LogP contribution in [0.4, 0.5) is 0 Å². The van der Waals surface area contributed by atoms with Gasteiger partial charge in [0.05, 0.1) is 5.56 Å². The zero-order valence-electron chi connectivity index (χ0n) is 16.0. The van der Waals surface area contributed by atoms with E-state index in [4.69, 9.17) is 16.3 Å². The number of halogens is 1. The molecule has 0 spiro atoms. The number of pyridine rings is 1. The van der Waals surface area contributed by atoms with E-state index in [9.17, 15) is 9.59 Å². The number of hydrogen-bond acceptors (Lipinski definition) is 4. The monoisotopic (exact) mass is 408 g/mol. The number of aromatic nitrogens is 1. The van der Waals surface area contributed by atoms with Gasteiger partial charge in [-0.25, -0.2) is 9.78 Å². The summed E-state index contributed by atoms with van der Waals surface area (Å²) in [6.45, 7) is 2.38. The fraction of sp³-hybridized carbons (Fsp3) is 0.174. The van der Waals surface area contributed by atoms with E-state index in [1.54, 1.807) is 17.9 Å². The zero-order valence-corrected chi connectivity index (χ0v) is 16.8. The van der Waals surface area contributed by atoms with Crippen LogP contribution in [0.5, 0.6) is 0 Å². The smallest absolute Gasteiger partial charge is 0.342 e. The Kier molecular flexibility index (Phi) is 6.98. The summed E-state index contributed by atoms with van der Waals surface area (Å²) in [6.07, 6.45) is 0.515. The van der Waals surface area contributed by atoms with E-state index in [2.05, 4.69) is 4.98 Å². The minimum atomic E-state index is -0.966. The fourth-order valence-electron chi connectivity index (χ4n) is 2.89. The molecule has 0 fully saturated rings. The van der Waals surface area contributed by atoms with E-state index in [1.807, 2.05) is 60.7 Å². The molecule has 0 bridgehead atoms. The molecule has 1 heterocycles. The average Bonchev–Trinajstić information content (AvgIpc) is 2.74. The number of rotatable bonds is 7. The Morgan fingerprint density at radius 2 is 1.48 bits per heavy atom. The molecule has 1 atom stereocenters. The van der Waals surface area contributed by atoms with Crippen molar-refractivity contribution in [1.29, 1.82) is 0 Å². The van der Waals surface area contributed by atoms with Crippen molar-refractivity contribution < 1.29 is 14.3 Å². The van der Waals surface area contributed by atoms with Crippen molar-refractivity contribution in [2.75, 3.05) is 0 Å². The molecule has 1 amide bonds. The average molecular weight is 409 g/mol. The van der Waals surface area contributed by atoms with Crippen molar-refractivity contribution >= 4 is 23.5 Å². The third-order valence-corrected chi connectivity index (χ3v) is 4.66. The van der Waals surface area contributed by atoms with Gasteiger partial charge in [-0.2, -0.15) is 0 Å². The second kappa shape index (κ2) is 9.85. The Labute approximate surface area is 174 Å². The lowest BCUT2D eigenvalue weighted by atomic mass is 10.1. The van der Waals surface area contributed by atoms with Gasteiger partial charge in [-0.15, -0.1) is 0 Å². The van der Waals surface area contributed by atoms with Crippen molar-refractivity contribution in [2.45, 2.75) is 26.1 Å². The number of hydrogen-bond donors (Lipinski definition) is 0. The van der Waals surface area contributed by atoms with Crippen molar-refractivity contribution in [3.05, 3.63) is 101 Å². The molecule has 0 N–H and O–H groups in total. The molecular weight excluding hydrogens is 388 g/mol. The predicted octanol–water partition coefficient (Wildman–Crippen LogP) is 4.51. The number of esters is 1. The predicted molar refractivity (Wildman–Crippen MR) is 111 cm³/mol. The van der Waals surface area contributed by atoms with Crippen LogP contribution in [0.25, 0.3) is 0 Å². The van der Waals surface area contributed by atoms with Crippen molar-refractivity contribution in [3.8, 4) is 0 Å². The first-order valence-corrected chi connectivity index (χ1v) is 9.60. The Morgan fingerprint density at radius 3 is 2.00 bits per heavy atom. The molecule has 0 aliphatic heterocycles. The van der Waals surface area contributed by atoms with Crippen molar-refractivity contribution in [2.24, 2.45) is 0 Å². The maximum Gasteiger partial charge on any atom is 0.342 e. The second-order valence-corrected chi connectivity index (χ2v) is 6.91. The van der Waals surface area contributed by atoms with Crippen molar-refractivity contribution in [1.82, 2.24) is 9.88 Å². The van der Waals surface area contributed by atoms with Gasteiger partial charge in [-0.1, -0.05) is 72.3 Å². The normalized spacial score (nSPS) is 11.5. The summed E-state index contributed by atoms with van der Waals surface area (Å²) >= 11 is 5.95. The molecule has 1 unspecified atom stereocenters. The van der Waals surface area contributed by atoms with Gasteiger partial charge >= 0.3 is 5.97 Å². The molecule has 0 aliphatic rings. The Morgan fingerprint density at radius 1 is 0.931 bits per heavy atom. The summed E-state index contributed by atoms with van der Waals surface area (Å²) in [4.78, 5) is 31.0. The highest BCUT2D eigenvalue weighted by Gasteiger charge is 2.25. The molecule has 0 saturated carbocycles. The molecule has 2 aromatic carbocycles. The minimum absolute atomic E-state index is 0.0441. The van der Waals surface area contributed by atoms with Gasteiger partial charge in [0, 0.05) is 19.3 Å². The topological polar surface area (TPSA) is 59.5 Å². The summed E-state index contributed by atoms with van der Waals surface area (Å²) in [5, 5.41) is 0.0441. The van der Waals surface area contributed by atoms with E-state index >= 15 is 0 Å². The van der Waals surface area contributed by atoms with E-state index < -0.39 is 12.1 Å². The molecule has 1 aromatic heterocycles. The van der Waals surface area contributed by atoms with Gasteiger partial charge in [-0.3, -0.25) is 4.79 Å². The minimum Gasteiger partial charge on any atom is -0.449 e. The highest BCUT2D eigenvalue weighted by Crippen LogP contribution is 2.16. The highest BCUT2D eigenvalue weighted by atomic mass is 35.5. The molecular formula is C23H21ClN2O3. The zero-order chi connectivity index (χ0) is 20.6. The SMILES string of the molecule is CC(OC(=O)c1cccnc1Cl)C(=O)N(Cc1ccccc1)Cc1ccccc1. The summed E-state index contributed by atoms with van der Waals surface area (Å²) in [6, 6.07) is 22.5. The summed E-state index contributed by atoms with van der Waals surface area (Å²) < 4.78 is 5.38.